The van der Waals surface area contributed by atoms with E-state index in [2.05, 4.69) is 5.32 Å². The normalized spacial score (nSPS) is 10.0. The average Bonchev–Trinajstić information content (AvgIpc) is 2.47. The van der Waals surface area contributed by atoms with Gasteiger partial charge in [-0.15, -0.1) is 0 Å². The van der Waals surface area contributed by atoms with Crippen LogP contribution in [0.1, 0.15) is 5.56 Å². The van der Waals surface area contributed by atoms with Gasteiger partial charge in [-0.2, -0.15) is 0 Å². The van der Waals surface area contributed by atoms with Gasteiger partial charge in [0.2, 0.25) is 0 Å². The second-order valence-corrected chi connectivity index (χ2v) is 4.76. The van der Waals surface area contributed by atoms with Gasteiger partial charge in [0.15, 0.2) is 0 Å². The van der Waals surface area contributed by atoms with Crippen LogP contribution in [0.25, 0.3) is 0 Å². The van der Waals surface area contributed by atoms with Crippen molar-refractivity contribution >= 4 is 17.4 Å². The lowest BCUT2D eigenvalue weighted by atomic mass is 10.2. The van der Waals surface area contributed by atoms with Gasteiger partial charge >= 0.3 is 6.03 Å². The van der Waals surface area contributed by atoms with E-state index in [0.29, 0.717) is 17.9 Å². The van der Waals surface area contributed by atoms with Crippen LogP contribution in [0.3, 0.4) is 0 Å². The van der Waals surface area contributed by atoms with Gasteiger partial charge in [0.05, 0.1) is 7.11 Å². The molecule has 0 aliphatic heterocycles. The average molecular weight is 285 g/mol. The Kier molecular flexibility index (Phi) is 4.66. The maximum absolute atomic E-state index is 12.1. The molecule has 5 nitrogen and oxygen atoms in total. The Hall–Kier alpha value is -2.69. The minimum absolute atomic E-state index is 0.191. The van der Waals surface area contributed by atoms with Gasteiger partial charge in [-0.05, 0) is 35.9 Å². The van der Waals surface area contributed by atoms with Gasteiger partial charge in [0, 0.05) is 25.0 Å². The van der Waals surface area contributed by atoms with Gasteiger partial charge < -0.3 is 20.7 Å². The zero-order valence-corrected chi connectivity index (χ0v) is 12.2. The van der Waals surface area contributed by atoms with E-state index in [1.54, 1.807) is 43.3 Å². The third-order valence-corrected chi connectivity index (χ3v) is 3.04. The molecule has 5 heteroatoms. The number of hydrogen-bond acceptors (Lipinski definition) is 3. The van der Waals surface area contributed by atoms with Crippen molar-refractivity contribution in [1.82, 2.24) is 4.90 Å². The first-order valence-corrected chi connectivity index (χ1v) is 6.59. The van der Waals surface area contributed by atoms with Crippen LogP contribution in [-0.2, 0) is 6.54 Å². The molecule has 0 bridgehead atoms. The van der Waals surface area contributed by atoms with Crippen LogP contribution >= 0.6 is 0 Å². The fraction of sp³-hybridized carbons (Fsp3) is 0.188. The number of carbonyl (C=O) groups excluding carboxylic acids is 1. The molecular formula is C16H19N3O2. The Labute approximate surface area is 124 Å². The SMILES string of the molecule is COc1cccc(CN(C)C(=O)Nc2cccc(N)c2)c1. The van der Waals surface area contributed by atoms with Crippen LogP contribution in [0, 0.1) is 0 Å². The lowest BCUT2D eigenvalue weighted by molar-refractivity contribution is 0.220. The van der Waals surface area contributed by atoms with Crippen LogP contribution in [0.5, 0.6) is 5.75 Å². The van der Waals surface area contributed by atoms with Crippen LogP contribution in [0.4, 0.5) is 16.2 Å². The lowest BCUT2D eigenvalue weighted by Crippen LogP contribution is -2.30. The van der Waals surface area contributed by atoms with Crippen molar-refractivity contribution in [2.24, 2.45) is 0 Å². The van der Waals surface area contributed by atoms with Crippen molar-refractivity contribution in [1.29, 1.82) is 0 Å². The zero-order chi connectivity index (χ0) is 15.2. The predicted octanol–water partition coefficient (Wildman–Crippen LogP) is 2.94. The smallest absolute Gasteiger partial charge is 0.321 e. The van der Waals surface area contributed by atoms with Gasteiger partial charge in [0.25, 0.3) is 0 Å². The maximum Gasteiger partial charge on any atom is 0.321 e. The van der Waals surface area contributed by atoms with Crippen molar-refractivity contribution in [3.05, 3.63) is 54.1 Å². The number of rotatable bonds is 4. The molecule has 2 aromatic rings. The van der Waals surface area contributed by atoms with Crippen molar-refractivity contribution in [3.8, 4) is 5.75 Å². The Balaban J connectivity index is 1.99. The zero-order valence-electron chi connectivity index (χ0n) is 12.2. The Morgan fingerprint density at radius 1 is 1.24 bits per heavy atom. The maximum atomic E-state index is 12.1. The monoisotopic (exact) mass is 285 g/mol. The van der Waals surface area contributed by atoms with Crippen molar-refractivity contribution in [2.45, 2.75) is 6.54 Å². The molecule has 110 valence electrons. The minimum atomic E-state index is -0.191. The predicted molar refractivity (Wildman–Crippen MR) is 84.3 cm³/mol. The minimum Gasteiger partial charge on any atom is -0.497 e. The third kappa shape index (κ3) is 4.14. The molecule has 3 N–H and O–H groups in total. The molecule has 0 saturated carbocycles. The highest BCUT2D eigenvalue weighted by atomic mass is 16.5. The number of ether oxygens (including phenoxy) is 1. The molecular weight excluding hydrogens is 266 g/mol. The van der Waals surface area contributed by atoms with Gasteiger partial charge in [-0.25, -0.2) is 4.79 Å². The van der Waals surface area contributed by atoms with E-state index in [9.17, 15) is 4.79 Å². The molecule has 0 spiro atoms. The molecule has 0 aliphatic carbocycles. The van der Waals surface area contributed by atoms with E-state index in [4.69, 9.17) is 10.5 Å². The number of anilines is 2. The Bertz CT molecular complexity index is 628. The van der Waals surface area contributed by atoms with E-state index in [1.807, 2.05) is 24.3 Å². The summed E-state index contributed by atoms with van der Waals surface area (Å²) in [5.74, 6) is 0.775. The second kappa shape index (κ2) is 6.65. The molecule has 21 heavy (non-hydrogen) atoms. The molecule has 0 radical (unpaired) electrons. The lowest BCUT2D eigenvalue weighted by Gasteiger charge is -2.18. The summed E-state index contributed by atoms with van der Waals surface area (Å²) in [7, 11) is 3.36. The van der Waals surface area contributed by atoms with Crippen molar-refractivity contribution in [2.75, 3.05) is 25.2 Å². The summed E-state index contributed by atoms with van der Waals surface area (Å²) in [6.07, 6.45) is 0. The first-order valence-electron chi connectivity index (χ1n) is 6.59. The molecule has 0 aliphatic rings. The summed E-state index contributed by atoms with van der Waals surface area (Å²) >= 11 is 0. The van der Waals surface area contributed by atoms with Crippen molar-refractivity contribution < 1.29 is 9.53 Å². The van der Waals surface area contributed by atoms with Crippen molar-refractivity contribution in [3.63, 3.8) is 0 Å². The Morgan fingerprint density at radius 3 is 2.71 bits per heavy atom. The number of nitrogens with zero attached hydrogens (tertiary/aromatic N) is 1. The van der Waals surface area contributed by atoms with E-state index in [1.165, 1.54) is 0 Å². The first-order chi connectivity index (χ1) is 10.1. The standard InChI is InChI=1S/C16H19N3O2/c1-19(11-12-5-3-8-15(9-12)21-2)16(20)18-14-7-4-6-13(17)10-14/h3-10H,11,17H2,1-2H3,(H,18,20). The second-order valence-electron chi connectivity index (χ2n) is 4.76. The molecule has 2 amide bonds. The van der Waals surface area contributed by atoms with Crippen LogP contribution in [0.15, 0.2) is 48.5 Å². The molecule has 0 fully saturated rings. The van der Waals surface area contributed by atoms with Gasteiger partial charge in [-0.1, -0.05) is 18.2 Å². The highest BCUT2D eigenvalue weighted by Crippen LogP contribution is 2.15. The molecule has 0 saturated heterocycles. The fourth-order valence-corrected chi connectivity index (χ4v) is 1.95. The summed E-state index contributed by atoms with van der Waals surface area (Å²) in [5.41, 5.74) is 7.98. The topological polar surface area (TPSA) is 67.6 Å². The first kappa shape index (κ1) is 14.7. The molecule has 0 heterocycles. The van der Waals surface area contributed by atoms with Gasteiger partial charge in [0.1, 0.15) is 5.75 Å². The van der Waals surface area contributed by atoms with E-state index in [-0.39, 0.29) is 6.03 Å². The third-order valence-electron chi connectivity index (χ3n) is 3.04. The summed E-state index contributed by atoms with van der Waals surface area (Å²) < 4.78 is 5.17. The number of nitrogen functional groups attached to an aromatic ring is 1. The summed E-state index contributed by atoms with van der Waals surface area (Å²) in [6, 6.07) is 14.5. The van der Waals surface area contributed by atoms with Crippen LogP contribution in [-0.4, -0.2) is 25.1 Å². The number of methoxy groups -OCH3 is 1. The van der Waals surface area contributed by atoms with Crippen LogP contribution in [0.2, 0.25) is 0 Å². The molecule has 2 rings (SSSR count). The summed E-state index contributed by atoms with van der Waals surface area (Å²) in [5, 5.41) is 2.81. The highest BCUT2D eigenvalue weighted by Gasteiger charge is 2.10. The molecule has 0 unspecified atom stereocenters. The number of urea groups is 1. The highest BCUT2D eigenvalue weighted by molar-refractivity contribution is 5.89. The number of benzene rings is 2. The number of carbonyl (C=O) groups is 1. The number of nitrogens with one attached hydrogen (secondary N) is 1. The largest absolute Gasteiger partial charge is 0.497 e. The Morgan fingerprint density at radius 2 is 2.00 bits per heavy atom. The van der Waals surface area contributed by atoms with E-state index >= 15 is 0 Å². The summed E-state index contributed by atoms with van der Waals surface area (Å²) in [4.78, 5) is 13.7. The number of amides is 2. The summed E-state index contributed by atoms with van der Waals surface area (Å²) in [6.45, 7) is 0.491. The molecule has 2 aromatic carbocycles. The van der Waals surface area contributed by atoms with Crippen LogP contribution < -0.4 is 15.8 Å². The number of hydrogen-bond donors (Lipinski definition) is 2. The quantitative estimate of drug-likeness (QED) is 0.849. The molecule has 0 aromatic heterocycles. The fourth-order valence-electron chi connectivity index (χ4n) is 1.95. The molecule has 0 atom stereocenters. The van der Waals surface area contributed by atoms with Gasteiger partial charge in [-0.3, -0.25) is 0 Å². The van der Waals surface area contributed by atoms with E-state index in [0.717, 1.165) is 11.3 Å². The number of nitrogens with two attached hydrogens (primary N) is 1. The van der Waals surface area contributed by atoms with E-state index < -0.39 is 0 Å².